The maximum Gasteiger partial charge on any atom is 0.191 e. The highest BCUT2D eigenvalue weighted by Gasteiger charge is 2.18. The monoisotopic (exact) mass is 322 g/mol. The van der Waals surface area contributed by atoms with E-state index in [1.807, 2.05) is 7.05 Å². The van der Waals surface area contributed by atoms with Crippen LogP contribution in [0.3, 0.4) is 0 Å². The summed E-state index contributed by atoms with van der Waals surface area (Å²) in [5.41, 5.74) is 1.14. The minimum atomic E-state index is 0.598. The Bertz CT molecular complexity index is 461. The number of nitrogens with one attached hydrogen (secondary N) is 2. The van der Waals surface area contributed by atoms with Crippen molar-refractivity contribution in [2.75, 3.05) is 13.6 Å². The number of guanidine groups is 1. The summed E-state index contributed by atoms with van der Waals surface area (Å²) in [4.78, 5) is 8.85. The summed E-state index contributed by atoms with van der Waals surface area (Å²) in [6.45, 7) is 5.39. The van der Waals surface area contributed by atoms with Gasteiger partial charge in [0.1, 0.15) is 0 Å². The first-order chi connectivity index (χ1) is 10.7. The molecule has 0 bridgehead atoms. The van der Waals surface area contributed by atoms with Gasteiger partial charge >= 0.3 is 0 Å². The van der Waals surface area contributed by atoms with E-state index in [2.05, 4.69) is 39.8 Å². The van der Waals surface area contributed by atoms with Crippen molar-refractivity contribution >= 4 is 17.3 Å². The maximum absolute atomic E-state index is 4.51. The molecule has 1 aliphatic carbocycles. The molecule has 0 unspecified atom stereocenters. The Morgan fingerprint density at radius 1 is 1.32 bits per heavy atom. The minimum absolute atomic E-state index is 0.598. The summed E-state index contributed by atoms with van der Waals surface area (Å²) in [7, 11) is 1.86. The first-order valence-electron chi connectivity index (χ1n) is 8.55. The van der Waals surface area contributed by atoms with Crippen LogP contribution in [-0.4, -0.2) is 30.6 Å². The van der Waals surface area contributed by atoms with Gasteiger partial charge in [0.25, 0.3) is 0 Å². The fourth-order valence-electron chi connectivity index (χ4n) is 2.92. The molecule has 2 N–H and O–H groups in total. The fraction of sp³-hybridized carbons (Fsp3) is 0.765. The van der Waals surface area contributed by atoms with Crippen LogP contribution in [0, 0.1) is 12.8 Å². The predicted molar refractivity (Wildman–Crippen MR) is 95.7 cm³/mol. The lowest BCUT2D eigenvalue weighted by atomic mass is 9.87. The Kier molecular flexibility index (Phi) is 7.16. The number of hydrogen-bond donors (Lipinski definition) is 2. The van der Waals surface area contributed by atoms with Crippen LogP contribution in [0.1, 0.15) is 56.2 Å². The van der Waals surface area contributed by atoms with Crippen LogP contribution < -0.4 is 10.6 Å². The molecule has 0 spiro atoms. The molecule has 0 amide bonds. The van der Waals surface area contributed by atoms with Crippen LogP contribution in [0.2, 0.25) is 0 Å². The van der Waals surface area contributed by atoms with Crippen molar-refractivity contribution in [3.05, 3.63) is 16.1 Å². The molecule has 0 aromatic carbocycles. The normalized spacial score (nSPS) is 22.6. The third-order valence-electron chi connectivity index (χ3n) is 4.36. The van der Waals surface area contributed by atoms with Gasteiger partial charge in [-0.15, -0.1) is 11.3 Å². The Morgan fingerprint density at radius 2 is 2.09 bits per heavy atom. The Balaban J connectivity index is 1.58. The fourth-order valence-corrected chi connectivity index (χ4v) is 3.74. The van der Waals surface area contributed by atoms with E-state index in [9.17, 15) is 0 Å². The van der Waals surface area contributed by atoms with Crippen LogP contribution in [0.25, 0.3) is 0 Å². The van der Waals surface area contributed by atoms with Crippen LogP contribution in [0.4, 0.5) is 0 Å². The van der Waals surface area contributed by atoms with Gasteiger partial charge in [-0.1, -0.05) is 6.92 Å². The quantitative estimate of drug-likeness (QED) is 0.479. The van der Waals surface area contributed by atoms with Gasteiger partial charge in [-0.2, -0.15) is 0 Å². The van der Waals surface area contributed by atoms with Gasteiger partial charge in [0.2, 0.25) is 0 Å². The molecule has 1 heterocycles. The Hall–Kier alpha value is -1.10. The smallest absolute Gasteiger partial charge is 0.191 e. The molecule has 124 valence electrons. The molecule has 0 radical (unpaired) electrons. The number of hydrogen-bond acceptors (Lipinski definition) is 3. The number of unbranched alkanes of at least 4 members (excludes halogenated alkanes) is 1. The zero-order valence-electron chi connectivity index (χ0n) is 14.2. The highest BCUT2D eigenvalue weighted by molar-refractivity contribution is 7.09. The number of nitrogens with zero attached hydrogens (tertiary/aromatic N) is 2. The molecule has 1 aromatic rings. The van der Waals surface area contributed by atoms with Crippen LogP contribution in [-0.2, 0) is 6.42 Å². The molecule has 5 heteroatoms. The molecule has 2 rings (SSSR count). The largest absolute Gasteiger partial charge is 0.356 e. The molecular weight excluding hydrogens is 292 g/mol. The van der Waals surface area contributed by atoms with Gasteiger partial charge in [-0.3, -0.25) is 4.99 Å². The molecule has 0 aliphatic heterocycles. The first kappa shape index (κ1) is 17.3. The molecule has 0 atom stereocenters. The van der Waals surface area contributed by atoms with E-state index in [0.717, 1.165) is 37.0 Å². The molecule has 1 fully saturated rings. The van der Waals surface area contributed by atoms with Crippen molar-refractivity contribution in [3.8, 4) is 0 Å². The third kappa shape index (κ3) is 5.95. The molecule has 1 aliphatic rings. The van der Waals surface area contributed by atoms with Crippen LogP contribution in [0.5, 0.6) is 0 Å². The molecular formula is C17H30N4S. The summed E-state index contributed by atoms with van der Waals surface area (Å²) in [5.74, 6) is 1.85. The second kappa shape index (κ2) is 9.13. The van der Waals surface area contributed by atoms with Gasteiger partial charge in [-0.05, 0) is 57.8 Å². The maximum atomic E-state index is 4.51. The van der Waals surface area contributed by atoms with Gasteiger partial charge in [0.05, 0.1) is 5.01 Å². The number of rotatable bonds is 6. The van der Waals surface area contributed by atoms with Crippen molar-refractivity contribution in [1.29, 1.82) is 0 Å². The summed E-state index contributed by atoms with van der Waals surface area (Å²) in [6.07, 6.45) is 8.63. The summed E-state index contributed by atoms with van der Waals surface area (Å²) >= 11 is 1.77. The van der Waals surface area contributed by atoms with E-state index >= 15 is 0 Å². The van der Waals surface area contributed by atoms with E-state index in [0.29, 0.717) is 6.04 Å². The van der Waals surface area contributed by atoms with Crippen molar-refractivity contribution in [3.63, 3.8) is 0 Å². The first-order valence-corrected chi connectivity index (χ1v) is 9.43. The highest BCUT2D eigenvalue weighted by atomic mass is 32.1. The number of aryl methyl sites for hydroxylation is 2. The van der Waals surface area contributed by atoms with Gasteiger partial charge in [0.15, 0.2) is 5.96 Å². The summed E-state index contributed by atoms with van der Waals surface area (Å²) in [6, 6.07) is 0.598. The van der Waals surface area contributed by atoms with E-state index in [4.69, 9.17) is 0 Å². The van der Waals surface area contributed by atoms with E-state index < -0.39 is 0 Å². The molecule has 1 saturated carbocycles. The van der Waals surface area contributed by atoms with Crippen LogP contribution in [0.15, 0.2) is 10.4 Å². The average molecular weight is 323 g/mol. The zero-order valence-corrected chi connectivity index (χ0v) is 15.0. The Morgan fingerprint density at radius 3 is 2.73 bits per heavy atom. The van der Waals surface area contributed by atoms with E-state index in [1.54, 1.807) is 11.3 Å². The lowest BCUT2D eigenvalue weighted by Crippen LogP contribution is -2.45. The van der Waals surface area contributed by atoms with Crippen molar-refractivity contribution in [1.82, 2.24) is 15.6 Å². The van der Waals surface area contributed by atoms with E-state index in [1.165, 1.54) is 37.1 Å². The van der Waals surface area contributed by atoms with Gasteiger partial charge in [-0.25, -0.2) is 4.98 Å². The SMILES string of the molecule is CN=C(NCCCCc1nc(C)cs1)NC1CCC(C)CC1. The second-order valence-corrected chi connectivity index (χ2v) is 7.38. The van der Waals surface area contributed by atoms with Crippen molar-refractivity contribution in [2.45, 2.75) is 64.8 Å². The minimum Gasteiger partial charge on any atom is -0.356 e. The van der Waals surface area contributed by atoms with E-state index in [-0.39, 0.29) is 0 Å². The molecule has 22 heavy (non-hydrogen) atoms. The highest BCUT2D eigenvalue weighted by Crippen LogP contribution is 2.23. The zero-order chi connectivity index (χ0) is 15.8. The predicted octanol–water partition coefficient (Wildman–Crippen LogP) is 3.52. The van der Waals surface area contributed by atoms with Gasteiger partial charge in [0, 0.05) is 30.7 Å². The standard InChI is InChI=1S/C17H30N4S/c1-13-7-9-15(10-8-13)21-17(18-3)19-11-5-4-6-16-20-14(2)12-22-16/h12-13,15H,4-11H2,1-3H3,(H2,18,19,21). The van der Waals surface area contributed by atoms with Crippen LogP contribution >= 0.6 is 11.3 Å². The number of aliphatic imine (C=N–C) groups is 1. The van der Waals surface area contributed by atoms with Gasteiger partial charge < -0.3 is 10.6 Å². The molecule has 0 saturated heterocycles. The average Bonchev–Trinajstić information content (AvgIpc) is 2.93. The van der Waals surface area contributed by atoms with Crippen molar-refractivity contribution in [2.24, 2.45) is 10.9 Å². The summed E-state index contributed by atoms with van der Waals surface area (Å²) < 4.78 is 0. The third-order valence-corrected chi connectivity index (χ3v) is 5.38. The molecule has 4 nitrogen and oxygen atoms in total. The number of aromatic nitrogens is 1. The van der Waals surface area contributed by atoms with Crippen molar-refractivity contribution < 1.29 is 0 Å². The number of thiazole rings is 1. The lowest BCUT2D eigenvalue weighted by molar-refractivity contribution is 0.329. The Labute approximate surface area is 138 Å². The summed E-state index contributed by atoms with van der Waals surface area (Å²) in [5, 5.41) is 10.4. The lowest BCUT2D eigenvalue weighted by Gasteiger charge is -2.28. The topological polar surface area (TPSA) is 49.3 Å². The second-order valence-electron chi connectivity index (χ2n) is 6.44. The molecule has 1 aromatic heterocycles.